The van der Waals surface area contributed by atoms with E-state index in [4.69, 9.17) is 24.9 Å². The lowest BCUT2D eigenvalue weighted by Crippen LogP contribution is -2.42. The van der Waals surface area contributed by atoms with Gasteiger partial charge in [0.15, 0.2) is 5.75 Å². The van der Waals surface area contributed by atoms with Crippen molar-refractivity contribution in [3.05, 3.63) is 46.1 Å². The van der Waals surface area contributed by atoms with Crippen LogP contribution < -0.4 is 15.2 Å². The van der Waals surface area contributed by atoms with Gasteiger partial charge in [0.25, 0.3) is 0 Å². The van der Waals surface area contributed by atoms with Gasteiger partial charge in [-0.05, 0) is 23.6 Å². The Morgan fingerprint density at radius 2 is 2.00 bits per heavy atom. The van der Waals surface area contributed by atoms with Gasteiger partial charge in [0.2, 0.25) is 5.88 Å². The topological polar surface area (TPSA) is 79.0 Å². The van der Waals surface area contributed by atoms with Crippen LogP contribution in [0.25, 0.3) is 0 Å². The molecular formula is C20H22BrN3O3. The van der Waals surface area contributed by atoms with Crippen LogP contribution in [0.2, 0.25) is 0 Å². The molecule has 0 bridgehead atoms. The average molecular weight is 432 g/mol. The molecule has 2 aliphatic rings. The first kappa shape index (κ1) is 18.3. The van der Waals surface area contributed by atoms with Crippen LogP contribution in [-0.4, -0.2) is 30.6 Å². The van der Waals surface area contributed by atoms with Crippen LogP contribution in [0.3, 0.4) is 0 Å². The molecular weight excluding hydrogens is 410 g/mol. The number of amidine groups is 1. The molecule has 0 saturated carbocycles. The number of pyridine rings is 1. The Morgan fingerprint density at radius 1 is 1.22 bits per heavy atom. The van der Waals surface area contributed by atoms with Gasteiger partial charge in [0.1, 0.15) is 23.7 Å². The third kappa shape index (κ3) is 3.41. The van der Waals surface area contributed by atoms with Crippen molar-refractivity contribution >= 4 is 21.8 Å². The van der Waals surface area contributed by atoms with Gasteiger partial charge in [-0.2, -0.15) is 0 Å². The Morgan fingerprint density at radius 3 is 2.74 bits per heavy atom. The number of halogens is 1. The monoisotopic (exact) mass is 431 g/mol. The summed E-state index contributed by atoms with van der Waals surface area (Å²) < 4.78 is 18.7. The summed E-state index contributed by atoms with van der Waals surface area (Å²) in [6, 6.07) is 7.73. The van der Waals surface area contributed by atoms with E-state index in [-0.39, 0.29) is 5.41 Å². The van der Waals surface area contributed by atoms with Crippen molar-refractivity contribution in [1.82, 2.24) is 4.98 Å². The Labute approximate surface area is 166 Å². The number of aromatic nitrogens is 1. The second-order valence-corrected chi connectivity index (χ2v) is 8.98. The molecule has 1 spiro atoms. The first-order valence-electron chi connectivity index (χ1n) is 8.80. The molecule has 1 atom stereocenters. The van der Waals surface area contributed by atoms with Crippen molar-refractivity contribution in [3.8, 4) is 17.4 Å². The molecule has 3 heterocycles. The van der Waals surface area contributed by atoms with Crippen molar-refractivity contribution in [1.29, 1.82) is 0 Å². The van der Waals surface area contributed by atoms with Gasteiger partial charge in [0, 0.05) is 21.7 Å². The number of rotatable bonds is 2. The molecule has 4 rings (SSSR count). The summed E-state index contributed by atoms with van der Waals surface area (Å²) in [6.45, 7) is 7.59. The Kier molecular flexibility index (Phi) is 4.39. The Bertz CT molecular complexity index is 923. The summed E-state index contributed by atoms with van der Waals surface area (Å²) in [7, 11) is 0. The number of nitrogens with two attached hydrogens (primary N) is 1. The lowest BCUT2D eigenvalue weighted by atomic mass is 9.81. The molecule has 7 heteroatoms. The Hall–Kier alpha value is -2.12. The zero-order valence-electron chi connectivity index (χ0n) is 15.6. The van der Waals surface area contributed by atoms with Crippen LogP contribution in [0, 0.1) is 5.41 Å². The summed E-state index contributed by atoms with van der Waals surface area (Å²) in [6.07, 6.45) is 1.68. The van der Waals surface area contributed by atoms with Crippen molar-refractivity contribution in [2.45, 2.75) is 26.3 Å². The zero-order valence-corrected chi connectivity index (χ0v) is 17.2. The van der Waals surface area contributed by atoms with Gasteiger partial charge in [-0.15, -0.1) is 0 Å². The fourth-order valence-electron chi connectivity index (χ4n) is 3.26. The summed E-state index contributed by atoms with van der Waals surface area (Å²) in [5.41, 5.74) is 7.06. The molecule has 2 aliphatic heterocycles. The molecule has 1 aromatic heterocycles. The molecule has 0 aliphatic carbocycles. The lowest BCUT2D eigenvalue weighted by molar-refractivity contribution is 0.109. The molecule has 0 amide bonds. The molecule has 0 fully saturated rings. The molecule has 2 N–H and O–H groups in total. The van der Waals surface area contributed by atoms with Gasteiger partial charge in [0.05, 0.1) is 19.4 Å². The predicted molar refractivity (Wildman–Crippen MR) is 107 cm³/mol. The third-order valence-corrected chi connectivity index (χ3v) is 4.94. The maximum Gasteiger partial charge on any atom is 0.213 e. The van der Waals surface area contributed by atoms with Crippen LogP contribution in [-0.2, 0) is 10.3 Å². The highest BCUT2D eigenvalue weighted by Crippen LogP contribution is 2.51. The molecule has 27 heavy (non-hydrogen) atoms. The standard InChI is InChI=1S/C20H22BrN3O3/c1-19(2,3)10-26-18-7-14-16(8-23-18)27-15-5-4-12(21)6-13(15)20(14)11-25-9-17(22)24-20/h4-8H,9-11H2,1-3H3,(H2,22,24)/t20-/m0/s1. The SMILES string of the molecule is CC(C)(C)COc1cc2c(cn1)Oc1ccc(Br)cc1[C@@]21COCC(N)=N1. The van der Waals surface area contributed by atoms with Gasteiger partial charge in [-0.1, -0.05) is 36.7 Å². The first-order chi connectivity index (χ1) is 12.8. The summed E-state index contributed by atoms with van der Waals surface area (Å²) in [5, 5.41) is 0. The summed E-state index contributed by atoms with van der Waals surface area (Å²) in [4.78, 5) is 9.24. The summed E-state index contributed by atoms with van der Waals surface area (Å²) in [5.74, 6) is 2.34. The fourth-order valence-corrected chi connectivity index (χ4v) is 3.63. The quantitative estimate of drug-likeness (QED) is 0.776. The number of aliphatic imine (C=N–C) groups is 1. The van der Waals surface area contributed by atoms with Crippen molar-refractivity contribution in [2.24, 2.45) is 16.1 Å². The van der Waals surface area contributed by atoms with Crippen LogP contribution in [0.15, 0.2) is 39.9 Å². The van der Waals surface area contributed by atoms with E-state index in [2.05, 4.69) is 41.7 Å². The van der Waals surface area contributed by atoms with E-state index in [0.717, 1.165) is 21.3 Å². The fraction of sp³-hybridized carbons (Fsp3) is 0.400. The lowest BCUT2D eigenvalue weighted by Gasteiger charge is -2.39. The number of ether oxygens (including phenoxy) is 3. The predicted octanol–water partition coefficient (Wildman–Crippen LogP) is 4.01. The Balaban J connectivity index is 1.85. The van der Waals surface area contributed by atoms with E-state index < -0.39 is 5.54 Å². The van der Waals surface area contributed by atoms with Crippen molar-refractivity contribution < 1.29 is 14.2 Å². The van der Waals surface area contributed by atoms with Crippen LogP contribution in [0.4, 0.5) is 0 Å². The maximum absolute atomic E-state index is 6.09. The highest BCUT2D eigenvalue weighted by molar-refractivity contribution is 9.10. The maximum atomic E-state index is 6.09. The third-order valence-electron chi connectivity index (χ3n) is 4.44. The van der Waals surface area contributed by atoms with E-state index in [1.807, 2.05) is 24.3 Å². The second-order valence-electron chi connectivity index (χ2n) is 8.07. The van der Waals surface area contributed by atoms with Gasteiger partial charge in [-0.3, -0.25) is 4.99 Å². The minimum Gasteiger partial charge on any atom is -0.477 e. The summed E-state index contributed by atoms with van der Waals surface area (Å²) >= 11 is 3.54. The number of benzene rings is 1. The van der Waals surface area contributed by atoms with E-state index in [1.54, 1.807) is 6.20 Å². The molecule has 142 valence electrons. The van der Waals surface area contributed by atoms with Crippen LogP contribution in [0.5, 0.6) is 17.4 Å². The highest BCUT2D eigenvalue weighted by Gasteiger charge is 2.45. The first-order valence-corrected chi connectivity index (χ1v) is 9.59. The van der Waals surface area contributed by atoms with E-state index in [0.29, 0.717) is 37.3 Å². The molecule has 6 nitrogen and oxygen atoms in total. The molecule has 2 aromatic rings. The normalized spacial score (nSPS) is 21.1. The number of hydrogen-bond acceptors (Lipinski definition) is 6. The smallest absolute Gasteiger partial charge is 0.213 e. The van der Waals surface area contributed by atoms with Crippen LogP contribution >= 0.6 is 15.9 Å². The van der Waals surface area contributed by atoms with E-state index >= 15 is 0 Å². The highest BCUT2D eigenvalue weighted by atomic mass is 79.9. The average Bonchev–Trinajstić information content (AvgIpc) is 2.61. The second kappa shape index (κ2) is 6.49. The van der Waals surface area contributed by atoms with Crippen molar-refractivity contribution in [2.75, 3.05) is 19.8 Å². The van der Waals surface area contributed by atoms with E-state index in [1.165, 1.54) is 0 Å². The van der Waals surface area contributed by atoms with Crippen LogP contribution in [0.1, 0.15) is 31.9 Å². The molecule has 1 aromatic carbocycles. The molecule has 0 radical (unpaired) electrons. The van der Waals surface area contributed by atoms with Crippen molar-refractivity contribution in [3.63, 3.8) is 0 Å². The van der Waals surface area contributed by atoms with Gasteiger partial charge in [-0.25, -0.2) is 4.98 Å². The number of nitrogens with zero attached hydrogens (tertiary/aromatic N) is 2. The number of fused-ring (bicyclic) bond motifs is 4. The van der Waals surface area contributed by atoms with Gasteiger partial charge < -0.3 is 19.9 Å². The molecule has 0 unspecified atom stereocenters. The minimum absolute atomic E-state index is 0.0275. The number of hydrogen-bond donors (Lipinski definition) is 1. The zero-order chi connectivity index (χ0) is 19.2. The minimum atomic E-state index is -0.780. The molecule has 0 saturated heterocycles. The van der Waals surface area contributed by atoms with E-state index in [9.17, 15) is 0 Å². The van der Waals surface area contributed by atoms with Gasteiger partial charge >= 0.3 is 0 Å². The largest absolute Gasteiger partial charge is 0.477 e.